The Labute approximate surface area is 140 Å². The van der Waals surface area contributed by atoms with Crippen LogP contribution in [0.25, 0.3) is 11.0 Å². The second-order valence-corrected chi connectivity index (χ2v) is 6.46. The van der Waals surface area contributed by atoms with Gasteiger partial charge in [-0.3, -0.25) is 9.78 Å². The third-order valence-electron chi connectivity index (χ3n) is 4.71. The Balaban J connectivity index is 1.45. The highest BCUT2D eigenvalue weighted by Gasteiger charge is 2.24. The Kier molecular flexibility index (Phi) is 3.99. The summed E-state index contributed by atoms with van der Waals surface area (Å²) >= 11 is 0. The molecule has 5 heteroatoms. The van der Waals surface area contributed by atoms with Crippen LogP contribution in [0.2, 0.25) is 0 Å². The minimum absolute atomic E-state index is 0.112. The van der Waals surface area contributed by atoms with Gasteiger partial charge in [0.2, 0.25) is 0 Å². The molecular weight excluding hydrogens is 300 g/mol. The van der Waals surface area contributed by atoms with E-state index < -0.39 is 0 Å². The highest BCUT2D eigenvalue weighted by atomic mass is 16.2. The third kappa shape index (κ3) is 3.02. The molecule has 4 heterocycles. The van der Waals surface area contributed by atoms with E-state index in [4.69, 9.17) is 0 Å². The SMILES string of the molecule is O=C(c1ccncc1)N1CCC[C@@H](Cc2cnc3[nH]ccc3c2)C1. The van der Waals surface area contributed by atoms with Crippen LogP contribution < -0.4 is 0 Å². The molecule has 1 aliphatic heterocycles. The maximum Gasteiger partial charge on any atom is 0.253 e. The second kappa shape index (κ2) is 6.43. The van der Waals surface area contributed by atoms with Crippen LogP contribution >= 0.6 is 0 Å². The van der Waals surface area contributed by atoms with Crippen LogP contribution in [-0.4, -0.2) is 38.8 Å². The van der Waals surface area contributed by atoms with Gasteiger partial charge in [0.05, 0.1) is 0 Å². The fourth-order valence-electron chi connectivity index (χ4n) is 3.52. The van der Waals surface area contributed by atoms with E-state index in [0.29, 0.717) is 5.92 Å². The van der Waals surface area contributed by atoms with E-state index in [1.54, 1.807) is 24.5 Å². The minimum atomic E-state index is 0.112. The number of pyridine rings is 2. The number of piperidine rings is 1. The van der Waals surface area contributed by atoms with Crippen molar-refractivity contribution in [2.45, 2.75) is 19.3 Å². The average molecular weight is 320 g/mol. The van der Waals surface area contributed by atoms with E-state index in [0.717, 1.165) is 48.9 Å². The maximum atomic E-state index is 12.6. The van der Waals surface area contributed by atoms with Crippen molar-refractivity contribution in [1.82, 2.24) is 19.9 Å². The van der Waals surface area contributed by atoms with Crippen molar-refractivity contribution < 1.29 is 4.79 Å². The van der Waals surface area contributed by atoms with E-state index in [1.807, 2.05) is 23.4 Å². The van der Waals surface area contributed by atoms with Gasteiger partial charge in [0.15, 0.2) is 0 Å². The predicted molar refractivity (Wildman–Crippen MR) is 92.7 cm³/mol. The van der Waals surface area contributed by atoms with Gasteiger partial charge >= 0.3 is 0 Å². The first-order valence-corrected chi connectivity index (χ1v) is 8.41. The number of nitrogens with one attached hydrogen (secondary N) is 1. The second-order valence-electron chi connectivity index (χ2n) is 6.46. The monoisotopic (exact) mass is 320 g/mol. The maximum absolute atomic E-state index is 12.6. The van der Waals surface area contributed by atoms with Crippen molar-refractivity contribution in [2.75, 3.05) is 13.1 Å². The first-order chi connectivity index (χ1) is 11.8. The van der Waals surface area contributed by atoms with E-state index in [-0.39, 0.29) is 5.91 Å². The molecule has 1 amide bonds. The van der Waals surface area contributed by atoms with Crippen molar-refractivity contribution in [3.8, 4) is 0 Å². The van der Waals surface area contributed by atoms with Gasteiger partial charge in [-0.05, 0) is 55.0 Å². The standard InChI is InChI=1S/C19H20N4O/c24-19(16-3-6-20-7-4-16)23-9-1-2-14(13-23)10-15-11-17-5-8-21-18(17)22-12-15/h3-8,11-12,14H,1-2,9-10,13H2,(H,21,22)/t14-/m0/s1. The fraction of sp³-hybridized carbons (Fsp3) is 0.316. The number of hydrogen-bond acceptors (Lipinski definition) is 3. The molecule has 122 valence electrons. The molecule has 1 fully saturated rings. The topological polar surface area (TPSA) is 61.9 Å². The Morgan fingerprint density at radius 1 is 1.29 bits per heavy atom. The van der Waals surface area contributed by atoms with Crippen LogP contribution in [0.1, 0.15) is 28.8 Å². The number of likely N-dealkylation sites (tertiary alicyclic amines) is 1. The molecule has 1 N–H and O–H groups in total. The molecule has 5 nitrogen and oxygen atoms in total. The quantitative estimate of drug-likeness (QED) is 0.807. The number of amides is 1. The number of H-pyrrole nitrogens is 1. The van der Waals surface area contributed by atoms with Crippen molar-refractivity contribution in [3.63, 3.8) is 0 Å². The first kappa shape index (κ1) is 14.9. The van der Waals surface area contributed by atoms with E-state index >= 15 is 0 Å². The Morgan fingerprint density at radius 2 is 2.17 bits per heavy atom. The highest BCUT2D eigenvalue weighted by molar-refractivity contribution is 5.94. The van der Waals surface area contributed by atoms with Crippen LogP contribution in [0.15, 0.2) is 49.1 Å². The van der Waals surface area contributed by atoms with Crippen molar-refractivity contribution in [3.05, 3.63) is 60.2 Å². The number of nitrogens with zero attached hydrogens (tertiary/aromatic N) is 3. The summed E-state index contributed by atoms with van der Waals surface area (Å²) in [6, 6.07) is 7.82. The zero-order valence-electron chi connectivity index (χ0n) is 13.5. The summed E-state index contributed by atoms with van der Waals surface area (Å²) < 4.78 is 0. The molecule has 4 rings (SSSR count). The van der Waals surface area contributed by atoms with Gasteiger partial charge in [-0.1, -0.05) is 0 Å². The molecule has 3 aromatic heterocycles. The first-order valence-electron chi connectivity index (χ1n) is 8.41. The fourth-order valence-corrected chi connectivity index (χ4v) is 3.52. The van der Waals surface area contributed by atoms with Crippen LogP contribution in [0.4, 0.5) is 0 Å². The van der Waals surface area contributed by atoms with Gasteiger partial charge in [0.25, 0.3) is 5.91 Å². The van der Waals surface area contributed by atoms with E-state index in [1.165, 1.54) is 5.56 Å². The highest BCUT2D eigenvalue weighted by Crippen LogP contribution is 2.23. The molecule has 1 atom stereocenters. The Morgan fingerprint density at radius 3 is 3.04 bits per heavy atom. The molecule has 3 aromatic rings. The lowest BCUT2D eigenvalue weighted by atomic mass is 9.91. The summed E-state index contributed by atoms with van der Waals surface area (Å²) in [5, 5.41) is 1.15. The molecule has 0 saturated carbocycles. The number of carbonyl (C=O) groups is 1. The molecule has 0 aliphatic carbocycles. The zero-order valence-corrected chi connectivity index (χ0v) is 13.5. The summed E-state index contributed by atoms with van der Waals surface area (Å²) in [6.07, 6.45) is 10.4. The van der Waals surface area contributed by atoms with Gasteiger partial charge < -0.3 is 9.88 Å². The number of rotatable bonds is 3. The van der Waals surface area contributed by atoms with E-state index in [9.17, 15) is 4.79 Å². The van der Waals surface area contributed by atoms with Crippen LogP contribution in [-0.2, 0) is 6.42 Å². The van der Waals surface area contributed by atoms with Crippen LogP contribution in [0.5, 0.6) is 0 Å². The van der Waals surface area contributed by atoms with Crippen molar-refractivity contribution in [1.29, 1.82) is 0 Å². The molecule has 0 aromatic carbocycles. The number of carbonyl (C=O) groups excluding carboxylic acids is 1. The average Bonchev–Trinajstić information content (AvgIpc) is 3.10. The zero-order chi connectivity index (χ0) is 16.4. The minimum Gasteiger partial charge on any atom is -0.346 e. The molecule has 24 heavy (non-hydrogen) atoms. The summed E-state index contributed by atoms with van der Waals surface area (Å²) in [7, 11) is 0. The van der Waals surface area contributed by atoms with Crippen molar-refractivity contribution in [2.24, 2.45) is 5.92 Å². The molecule has 0 radical (unpaired) electrons. The van der Waals surface area contributed by atoms with E-state index in [2.05, 4.69) is 21.0 Å². The van der Waals surface area contributed by atoms with Crippen LogP contribution in [0.3, 0.4) is 0 Å². The van der Waals surface area contributed by atoms with Gasteiger partial charge in [-0.15, -0.1) is 0 Å². The molecule has 0 unspecified atom stereocenters. The van der Waals surface area contributed by atoms with Gasteiger partial charge in [0.1, 0.15) is 5.65 Å². The summed E-state index contributed by atoms with van der Waals surface area (Å²) in [4.78, 5) is 26.2. The smallest absolute Gasteiger partial charge is 0.253 e. The summed E-state index contributed by atoms with van der Waals surface area (Å²) in [5.41, 5.74) is 2.89. The van der Waals surface area contributed by atoms with Gasteiger partial charge in [-0.2, -0.15) is 0 Å². The number of fused-ring (bicyclic) bond motifs is 1. The number of aromatic nitrogens is 3. The van der Waals surface area contributed by atoms with Gasteiger partial charge in [0, 0.05) is 48.8 Å². The number of hydrogen-bond donors (Lipinski definition) is 1. The largest absolute Gasteiger partial charge is 0.346 e. The van der Waals surface area contributed by atoms with Crippen LogP contribution in [0, 0.1) is 5.92 Å². The Bertz CT molecular complexity index is 843. The lowest BCUT2D eigenvalue weighted by molar-refractivity contribution is 0.0673. The molecule has 1 aliphatic rings. The third-order valence-corrected chi connectivity index (χ3v) is 4.71. The molecule has 0 bridgehead atoms. The summed E-state index contributed by atoms with van der Waals surface area (Å²) in [5.74, 6) is 0.601. The number of aromatic amines is 1. The predicted octanol–water partition coefficient (Wildman–Crippen LogP) is 3.05. The van der Waals surface area contributed by atoms with Crippen molar-refractivity contribution >= 4 is 16.9 Å². The molecule has 1 saturated heterocycles. The lowest BCUT2D eigenvalue weighted by Gasteiger charge is -2.33. The Hall–Kier alpha value is -2.69. The van der Waals surface area contributed by atoms with Gasteiger partial charge in [-0.25, -0.2) is 4.98 Å². The normalized spacial score (nSPS) is 18.0. The molecular formula is C19H20N4O. The lowest BCUT2D eigenvalue weighted by Crippen LogP contribution is -2.40. The summed E-state index contributed by atoms with van der Waals surface area (Å²) in [6.45, 7) is 1.65. The molecule has 0 spiro atoms.